The van der Waals surface area contributed by atoms with Gasteiger partial charge in [0.1, 0.15) is 12.3 Å². The van der Waals surface area contributed by atoms with Crippen LogP contribution in [0.3, 0.4) is 0 Å². The number of hydrogen-bond acceptors (Lipinski definition) is 4. The molecule has 0 spiro atoms. The summed E-state index contributed by atoms with van der Waals surface area (Å²) in [7, 11) is 3.87. The Balaban J connectivity index is 1.64. The van der Waals surface area contributed by atoms with Gasteiger partial charge in [0, 0.05) is 48.3 Å². The molecule has 2 aromatic heterocycles. The summed E-state index contributed by atoms with van der Waals surface area (Å²) < 4.78 is 18.5. The zero-order valence-electron chi connectivity index (χ0n) is 20.9. The maximum Gasteiger partial charge on any atom is 0.252 e. The molecule has 5 heterocycles. The van der Waals surface area contributed by atoms with Crippen molar-refractivity contribution in [3.63, 3.8) is 0 Å². The molecule has 3 aromatic rings. The molecule has 3 aliphatic heterocycles. The van der Waals surface area contributed by atoms with Crippen LogP contribution in [0.25, 0.3) is 21.8 Å². The van der Waals surface area contributed by atoms with Gasteiger partial charge < -0.3 is 29.2 Å². The number of nitrogens with zero attached hydrogens (tertiary/aromatic N) is 2. The summed E-state index contributed by atoms with van der Waals surface area (Å²) in [5.41, 5.74) is 9.71. The van der Waals surface area contributed by atoms with Crippen molar-refractivity contribution in [2.75, 3.05) is 14.2 Å². The van der Waals surface area contributed by atoms with E-state index < -0.39 is 5.72 Å². The van der Waals surface area contributed by atoms with E-state index in [4.69, 9.17) is 9.47 Å². The Morgan fingerprint density at radius 1 is 1.00 bits per heavy atom. The van der Waals surface area contributed by atoms with Gasteiger partial charge in [0.05, 0.1) is 16.6 Å². The van der Waals surface area contributed by atoms with Gasteiger partial charge in [-0.05, 0) is 82.0 Å². The van der Waals surface area contributed by atoms with Gasteiger partial charge >= 0.3 is 0 Å². The average Bonchev–Trinajstić information content (AvgIpc) is 3.51. The Bertz CT molecular complexity index is 1450. The predicted molar refractivity (Wildman–Crippen MR) is 134 cm³/mol. The number of fused-ring (bicyclic) bond motifs is 13. The van der Waals surface area contributed by atoms with Crippen LogP contribution in [0.1, 0.15) is 83.7 Å². The number of ether oxygens (including phenoxy) is 2. The number of aromatic nitrogens is 2. The minimum absolute atomic E-state index is 0.0851. The number of amides is 1. The van der Waals surface area contributed by atoms with Gasteiger partial charge in [0.15, 0.2) is 5.72 Å². The molecule has 184 valence electrons. The molecule has 8 rings (SSSR count). The van der Waals surface area contributed by atoms with Gasteiger partial charge in [-0.1, -0.05) is 0 Å². The molecule has 2 N–H and O–H groups in total. The van der Waals surface area contributed by atoms with Gasteiger partial charge in [0.25, 0.3) is 5.91 Å². The molecule has 35 heavy (non-hydrogen) atoms. The number of likely N-dealkylation sites (N-methyl/N-ethyl adjacent to an activating group) is 1. The molecule has 1 amide bonds. The maximum atomic E-state index is 13.4. The molecule has 0 radical (unpaired) electrons. The number of rotatable bonds is 2. The summed E-state index contributed by atoms with van der Waals surface area (Å²) in [6, 6.07) is 0.168. The van der Waals surface area contributed by atoms with Gasteiger partial charge in [-0.2, -0.15) is 0 Å². The van der Waals surface area contributed by atoms with Gasteiger partial charge in [-0.15, -0.1) is 0 Å². The molecule has 1 fully saturated rings. The van der Waals surface area contributed by atoms with E-state index in [0.717, 1.165) is 37.7 Å². The van der Waals surface area contributed by atoms with E-state index in [1.54, 1.807) is 0 Å². The topological polar surface area (TPSA) is 69.5 Å². The van der Waals surface area contributed by atoms with Gasteiger partial charge in [-0.25, -0.2) is 0 Å². The zero-order valence-corrected chi connectivity index (χ0v) is 20.9. The first-order chi connectivity index (χ1) is 17.1. The van der Waals surface area contributed by atoms with Crippen molar-refractivity contribution in [1.82, 2.24) is 19.8 Å². The normalized spacial score (nSPS) is 30.9. The third kappa shape index (κ3) is 2.31. The van der Waals surface area contributed by atoms with Gasteiger partial charge in [0.2, 0.25) is 0 Å². The SMILES string of the molecule is CN[C@H]1C[C@H]2O[C@@](C)([C@H]1OC)n1c3c(c4c5c(c6c7c(n2c6c41)CCCC7)C(=O)NC5)CCCC3. The fraction of sp³-hybridized carbons (Fsp3) is 0.607. The lowest BCUT2D eigenvalue weighted by molar-refractivity contribution is -0.259. The van der Waals surface area contributed by atoms with Crippen molar-refractivity contribution in [3.8, 4) is 0 Å². The maximum absolute atomic E-state index is 13.4. The van der Waals surface area contributed by atoms with Crippen molar-refractivity contribution in [2.24, 2.45) is 0 Å². The summed E-state index contributed by atoms with van der Waals surface area (Å²) in [5.74, 6) is 0.104. The van der Waals surface area contributed by atoms with E-state index >= 15 is 0 Å². The summed E-state index contributed by atoms with van der Waals surface area (Å²) in [6.07, 6.45) is 9.63. The van der Waals surface area contributed by atoms with Crippen molar-refractivity contribution in [1.29, 1.82) is 0 Å². The fourth-order valence-electron chi connectivity index (χ4n) is 8.53. The van der Waals surface area contributed by atoms with Gasteiger partial charge in [-0.3, -0.25) is 4.79 Å². The first-order valence-corrected chi connectivity index (χ1v) is 13.5. The molecular formula is C28H34N4O3. The number of methoxy groups -OCH3 is 1. The highest BCUT2D eigenvalue weighted by Crippen LogP contribution is 2.54. The van der Waals surface area contributed by atoms with Crippen molar-refractivity contribution in [2.45, 2.75) is 95.4 Å². The number of hydrogen-bond donors (Lipinski definition) is 2. The molecule has 0 unspecified atom stereocenters. The Kier molecular flexibility index (Phi) is 4.10. The van der Waals surface area contributed by atoms with Crippen LogP contribution in [-0.2, 0) is 47.4 Å². The Morgan fingerprint density at radius 3 is 2.46 bits per heavy atom. The minimum Gasteiger partial charge on any atom is -0.375 e. The first kappa shape index (κ1) is 20.8. The van der Waals surface area contributed by atoms with E-state index in [1.807, 2.05) is 14.2 Å². The number of carbonyl (C=O) groups is 1. The third-order valence-electron chi connectivity index (χ3n) is 9.79. The average molecular weight is 475 g/mol. The second-order valence-electron chi connectivity index (χ2n) is 11.4. The lowest BCUT2D eigenvalue weighted by Gasteiger charge is -2.49. The van der Waals surface area contributed by atoms with Crippen molar-refractivity contribution >= 4 is 27.7 Å². The molecule has 7 nitrogen and oxygen atoms in total. The van der Waals surface area contributed by atoms with E-state index in [1.165, 1.54) is 75.6 Å². The van der Waals surface area contributed by atoms with Crippen LogP contribution in [0.4, 0.5) is 0 Å². The van der Waals surface area contributed by atoms with Crippen LogP contribution in [0, 0.1) is 0 Å². The van der Waals surface area contributed by atoms with E-state index in [-0.39, 0.29) is 24.3 Å². The number of carbonyl (C=O) groups excluding carboxylic acids is 1. The molecule has 1 saturated heterocycles. The predicted octanol–water partition coefficient (Wildman–Crippen LogP) is 3.81. The number of aryl methyl sites for hydroxylation is 2. The highest BCUT2D eigenvalue weighted by molar-refractivity contribution is 6.21. The van der Waals surface area contributed by atoms with Crippen molar-refractivity contribution < 1.29 is 14.3 Å². The second kappa shape index (κ2) is 6.90. The Morgan fingerprint density at radius 2 is 1.71 bits per heavy atom. The standard InChI is InChI=1S/C28H34N4O3/c1-28-26(34-3)17(29-2)12-20(35-28)31-18-10-6-4-8-14(18)22-23-16(13-30-27(23)33)21-15-9-5-7-11-19(15)32(28)25(21)24(22)31/h17,20,26,29H,4-13H2,1-3H3,(H,30,33)/t17-,20+,26-,28-/m0/s1. The molecule has 2 bridgehead atoms. The summed E-state index contributed by atoms with van der Waals surface area (Å²) in [5, 5.41) is 9.32. The summed E-state index contributed by atoms with van der Waals surface area (Å²) >= 11 is 0. The van der Waals surface area contributed by atoms with Crippen LogP contribution < -0.4 is 10.6 Å². The largest absolute Gasteiger partial charge is 0.375 e. The quantitative estimate of drug-likeness (QED) is 0.593. The van der Waals surface area contributed by atoms with E-state index in [0.29, 0.717) is 6.54 Å². The summed E-state index contributed by atoms with van der Waals surface area (Å²) in [6.45, 7) is 2.87. The number of benzene rings is 1. The van der Waals surface area contributed by atoms with E-state index in [9.17, 15) is 4.79 Å². The lowest BCUT2D eigenvalue weighted by atomic mass is 9.89. The summed E-state index contributed by atoms with van der Waals surface area (Å²) in [4.78, 5) is 13.4. The number of nitrogens with one attached hydrogen (secondary N) is 2. The lowest BCUT2D eigenvalue weighted by Crippen LogP contribution is -2.60. The molecule has 7 heteroatoms. The minimum atomic E-state index is -0.633. The molecule has 4 atom stereocenters. The zero-order chi connectivity index (χ0) is 23.6. The highest BCUT2D eigenvalue weighted by Gasteiger charge is 2.54. The van der Waals surface area contributed by atoms with E-state index in [2.05, 4.69) is 26.7 Å². The molecule has 5 aliphatic rings. The van der Waals surface area contributed by atoms with Crippen LogP contribution >= 0.6 is 0 Å². The third-order valence-corrected chi connectivity index (χ3v) is 9.79. The Labute approximate surface area is 205 Å². The second-order valence-corrected chi connectivity index (χ2v) is 11.4. The molecular weight excluding hydrogens is 440 g/mol. The Hall–Kier alpha value is -2.35. The van der Waals surface area contributed by atoms with Crippen LogP contribution in [0.2, 0.25) is 0 Å². The first-order valence-electron chi connectivity index (χ1n) is 13.5. The molecule has 1 aromatic carbocycles. The van der Waals surface area contributed by atoms with Crippen molar-refractivity contribution in [3.05, 3.63) is 33.6 Å². The van der Waals surface area contributed by atoms with Crippen LogP contribution in [0.5, 0.6) is 0 Å². The molecule has 0 saturated carbocycles. The van der Waals surface area contributed by atoms with Crippen LogP contribution in [-0.4, -0.2) is 41.3 Å². The van der Waals surface area contributed by atoms with Crippen LogP contribution in [0.15, 0.2) is 0 Å². The molecule has 2 aliphatic carbocycles. The fourth-order valence-corrected chi connectivity index (χ4v) is 8.53. The monoisotopic (exact) mass is 474 g/mol. The highest BCUT2D eigenvalue weighted by atomic mass is 16.6. The smallest absolute Gasteiger partial charge is 0.252 e.